The predicted molar refractivity (Wildman–Crippen MR) is 98.8 cm³/mol. The van der Waals surface area contributed by atoms with Crippen LogP contribution in [0.4, 0.5) is 4.79 Å². The van der Waals surface area contributed by atoms with Crippen LogP contribution in [-0.2, 0) is 6.54 Å². The van der Waals surface area contributed by atoms with Crippen LogP contribution in [0.2, 0.25) is 0 Å². The zero-order valence-corrected chi connectivity index (χ0v) is 15.2. The fraction of sp³-hybridized carbons (Fsp3) is 0.474. The Morgan fingerprint density at radius 2 is 2.08 bits per heavy atom. The molecule has 2 N–H and O–H groups in total. The van der Waals surface area contributed by atoms with Gasteiger partial charge in [-0.2, -0.15) is 5.10 Å². The second kappa shape index (κ2) is 7.70. The third kappa shape index (κ3) is 4.39. The Hall–Kier alpha value is -2.34. The first-order valence-electron chi connectivity index (χ1n) is 8.84. The lowest BCUT2D eigenvalue weighted by molar-refractivity contribution is 0.235. The van der Waals surface area contributed by atoms with Gasteiger partial charge in [-0.25, -0.2) is 9.48 Å². The Morgan fingerprint density at radius 1 is 1.28 bits per heavy atom. The SMILES string of the molecule is Cc1ccn(-c2ccccc2CNC(=O)N[C@@H]2CC[C@@H](N(C)C)C2)n1. The Morgan fingerprint density at radius 3 is 2.76 bits per heavy atom. The highest BCUT2D eigenvalue weighted by Gasteiger charge is 2.26. The van der Waals surface area contributed by atoms with Crippen LogP contribution in [-0.4, -0.2) is 46.9 Å². The molecule has 6 heteroatoms. The summed E-state index contributed by atoms with van der Waals surface area (Å²) in [6.45, 7) is 2.44. The van der Waals surface area contributed by atoms with E-state index in [0.29, 0.717) is 12.6 Å². The first-order valence-corrected chi connectivity index (χ1v) is 8.84. The maximum absolute atomic E-state index is 12.2. The quantitative estimate of drug-likeness (QED) is 0.878. The second-order valence-corrected chi connectivity index (χ2v) is 6.98. The maximum atomic E-state index is 12.2. The highest BCUT2D eigenvalue weighted by atomic mass is 16.2. The molecule has 2 amide bonds. The Bertz CT molecular complexity index is 724. The molecule has 1 aromatic heterocycles. The first kappa shape index (κ1) is 17.5. The average Bonchev–Trinajstić information content (AvgIpc) is 3.22. The van der Waals surface area contributed by atoms with Crippen LogP contribution in [0.3, 0.4) is 0 Å². The molecule has 0 unspecified atom stereocenters. The molecule has 25 heavy (non-hydrogen) atoms. The van der Waals surface area contributed by atoms with Crippen molar-refractivity contribution in [3.05, 3.63) is 47.8 Å². The van der Waals surface area contributed by atoms with E-state index in [0.717, 1.165) is 36.2 Å². The largest absolute Gasteiger partial charge is 0.335 e. The van der Waals surface area contributed by atoms with Crippen LogP contribution in [0.15, 0.2) is 36.5 Å². The number of benzene rings is 1. The van der Waals surface area contributed by atoms with Gasteiger partial charge in [-0.3, -0.25) is 0 Å². The number of nitrogens with one attached hydrogen (secondary N) is 2. The molecule has 2 aromatic rings. The van der Waals surface area contributed by atoms with Crippen molar-refractivity contribution in [2.24, 2.45) is 0 Å². The molecule has 1 aliphatic rings. The topological polar surface area (TPSA) is 62.2 Å². The predicted octanol–water partition coefficient (Wildman–Crippen LogP) is 2.46. The summed E-state index contributed by atoms with van der Waals surface area (Å²) in [5.74, 6) is 0. The van der Waals surface area contributed by atoms with E-state index in [-0.39, 0.29) is 12.1 Å². The van der Waals surface area contributed by atoms with Crippen molar-refractivity contribution in [2.75, 3.05) is 14.1 Å². The van der Waals surface area contributed by atoms with E-state index in [1.54, 1.807) is 0 Å². The fourth-order valence-corrected chi connectivity index (χ4v) is 3.40. The number of aryl methyl sites for hydroxylation is 1. The number of aromatic nitrogens is 2. The van der Waals surface area contributed by atoms with Crippen LogP contribution in [0.5, 0.6) is 0 Å². The number of para-hydroxylation sites is 1. The van der Waals surface area contributed by atoms with Crippen molar-refractivity contribution in [3.8, 4) is 5.69 Å². The van der Waals surface area contributed by atoms with Gasteiger partial charge in [0.1, 0.15) is 0 Å². The van der Waals surface area contributed by atoms with Crippen LogP contribution in [0.25, 0.3) is 5.69 Å². The van der Waals surface area contributed by atoms with Crippen LogP contribution >= 0.6 is 0 Å². The molecule has 0 radical (unpaired) electrons. The number of nitrogens with zero attached hydrogens (tertiary/aromatic N) is 3. The molecule has 0 bridgehead atoms. The van der Waals surface area contributed by atoms with E-state index >= 15 is 0 Å². The highest BCUT2D eigenvalue weighted by molar-refractivity contribution is 5.74. The third-order valence-electron chi connectivity index (χ3n) is 4.87. The number of hydrogen-bond donors (Lipinski definition) is 2. The minimum Gasteiger partial charge on any atom is -0.335 e. The lowest BCUT2D eigenvalue weighted by atomic mass is 10.2. The number of carbonyl (C=O) groups excluding carboxylic acids is 1. The van der Waals surface area contributed by atoms with E-state index in [4.69, 9.17) is 0 Å². The Labute approximate surface area is 149 Å². The first-order chi connectivity index (χ1) is 12.0. The second-order valence-electron chi connectivity index (χ2n) is 6.98. The summed E-state index contributed by atoms with van der Waals surface area (Å²) in [5, 5.41) is 10.5. The Balaban J connectivity index is 1.56. The fourth-order valence-electron chi connectivity index (χ4n) is 3.40. The summed E-state index contributed by atoms with van der Waals surface area (Å²) in [4.78, 5) is 14.5. The van der Waals surface area contributed by atoms with Crippen molar-refractivity contribution in [2.45, 2.75) is 44.8 Å². The van der Waals surface area contributed by atoms with Crippen molar-refractivity contribution in [3.63, 3.8) is 0 Å². The van der Waals surface area contributed by atoms with Gasteiger partial charge in [0.25, 0.3) is 0 Å². The number of hydrogen-bond acceptors (Lipinski definition) is 3. The van der Waals surface area contributed by atoms with Gasteiger partial charge in [0.2, 0.25) is 0 Å². The van der Waals surface area contributed by atoms with Gasteiger partial charge in [0.15, 0.2) is 0 Å². The lowest BCUT2D eigenvalue weighted by Gasteiger charge is -2.19. The summed E-state index contributed by atoms with van der Waals surface area (Å²) in [6.07, 6.45) is 5.14. The molecule has 1 fully saturated rings. The number of amides is 2. The standard InChI is InChI=1S/C19H27N5O/c1-14-10-11-24(22-14)18-7-5-4-6-15(18)13-20-19(25)21-16-8-9-17(12-16)23(2)3/h4-7,10-11,16-17H,8-9,12-13H2,1-3H3,(H2,20,21,25)/t16-,17-/m1/s1. The van der Waals surface area contributed by atoms with Crippen molar-refractivity contribution >= 4 is 6.03 Å². The minimum absolute atomic E-state index is 0.101. The van der Waals surface area contributed by atoms with Crippen molar-refractivity contribution in [1.29, 1.82) is 0 Å². The monoisotopic (exact) mass is 341 g/mol. The number of carbonyl (C=O) groups is 1. The molecule has 3 rings (SSSR count). The van der Waals surface area contributed by atoms with Gasteiger partial charge < -0.3 is 15.5 Å². The van der Waals surface area contributed by atoms with Crippen molar-refractivity contribution in [1.82, 2.24) is 25.3 Å². The third-order valence-corrected chi connectivity index (χ3v) is 4.87. The van der Waals surface area contributed by atoms with Gasteiger partial charge in [-0.05, 0) is 58.0 Å². The van der Waals surface area contributed by atoms with Crippen LogP contribution < -0.4 is 10.6 Å². The zero-order chi connectivity index (χ0) is 17.8. The molecule has 0 aliphatic heterocycles. The molecule has 1 saturated carbocycles. The molecule has 1 heterocycles. The van der Waals surface area contributed by atoms with Crippen molar-refractivity contribution < 1.29 is 4.79 Å². The molecular weight excluding hydrogens is 314 g/mol. The van der Waals surface area contributed by atoms with Gasteiger partial charge in [0.05, 0.1) is 11.4 Å². The molecular formula is C19H27N5O. The van der Waals surface area contributed by atoms with E-state index in [2.05, 4.69) is 34.7 Å². The summed E-state index contributed by atoms with van der Waals surface area (Å²) in [5.41, 5.74) is 3.00. The highest BCUT2D eigenvalue weighted by Crippen LogP contribution is 2.22. The molecule has 134 valence electrons. The summed E-state index contributed by atoms with van der Waals surface area (Å²) in [7, 11) is 4.20. The van der Waals surface area contributed by atoms with Crippen LogP contribution in [0, 0.1) is 6.92 Å². The van der Waals surface area contributed by atoms with E-state index in [9.17, 15) is 4.79 Å². The van der Waals surface area contributed by atoms with E-state index in [1.807, 2.05) is 48.1 Å². The molecule has 1 aromatic carbocycles. The number of rotatable bonds is 5. The Kier molecular flexibility index (Phi) is 5.38. The van der Waals surface area contributed by atoms with Crippen LogP contribution in [0.1, 0.15) is 30.5 Å². The maximum Gasteiger partial charge on any atom is 0.315 e. The van der Waals surface area contributed by atoms with Gasteiger partial charge in [-0.15, -0.1) is 0 Å². The molecule has 0 spiro atoms. The smallest absolute Gasteiger partial charge is 0.315 e. The summed E-state index contributed by atoms with van der Waals surface area (Å²) in [6, 6.07) is 10.7. The average molecular weight is 341 g/mol. The normalized spacial score (nSPS) is 20.0. The minimum atomic E-state index is -0.101. The number of urea groups is 1. The van der Waals surface area contributed by atoms with Gasteiger partial charge in [-0.1, -0.05) is 18.2 Å². The van der Waals surface area contributed by atoms with E-state index < -0.39 is 0 Å². The lowest BCUT2D eigenvalue weighted by Crippen LogP contribution is -2.41. The molecule has 1 aliphatic carbocycles. The summed E-state index contributed by atoms with van der Waals surface area (Å²) >= 11 is 0. The zero-order valence-electron chi connectivity index (χ0n) is 15.2. The molecule has 2 atom stereocenters. The summed E-state index contributed by atoms with van der Waals surface area (Å²) < 4.78 is 1.85. The van der Waals surface area contributed by atoms with Gasteiger partial charge >= 0.3 is 6.03 Å². The molecule has 0 saturated heterocycles. The van der Waals surface area contributed by atoms with E-state index in [1.165, 1.54) is 0 Å². The van der Waals surface area contributed by atoms with Gasteiger partial charge in [0, 0.05) is 24.8 Å². The molecule has 6 nitrogen and oxygen atoms in total.